The summed E-state index contributed by atoms with van der Waals surface area (Å²) in [7, 11) is 0. The number of rotatable bonds is 15. The molecular weight excluding hydrogens is 450 g/mol. The van der Waals surface area contributed by atoms with Gasteiger partial charge in [-0.15, -0.1) is 0 Å². The van der Waals surface area contributed by atoms with Crippen LogP contribution < -0.4 is 15.3 Å². The molecule has 0 amide bonds. The van der Waals surface area contributed by atoms with E-state index in [1.165, 1.54) is 0 Å². The van der Waals surface area contributed by atoms with Crippen molar-refractivity contribution in [2.45, 2.75) is 97.8 Å². The summed E-state index contributed by atoms with van der Waals surface area (Å²) in [5, 5.41) is 29.5. The summed E-state index contributed by atoms with van der Waals surface area (Å²) < 4.78 is 0. The molecule has 0 saturated carbocycles. The Bertz CT molecular complexity index is 473. The topological polar surface area (TPSA) is 172 Å². The molecule has 0 aromatic rings. The average molecular weight is 483 g/mol. The maximum absolute atomic E-state index is 10.6. The molecule has 32 heavy (non-hydrogen) atoms. The van der Waals surface area contributed by atoms with Gasteiger partial charge in [-0.1, -0.05) is 40.0 Å². The molecule has 0 aliphatic heterocycles. The van der Waals surface area contributed by atoms with Gasteiger partial charge in [-0.05, 0) is 19.3 Å². The maximum Gasteiger partial charge on any atom is 3.00 e. The molecule has 0 rings (SSSR count). The number of Topliss-reactive ketones (excluding diaryl/α,β-unsaturated/α-hetero) is 3. The Morgan fingerprint density at radius 1 is 0.469 bits per heavy atom. The van der Waals surface area contributed by atoms with E-state index < -0.39 is 37.2 Å². The van der Waals surface area contributed by atoms with E-state index in [4.69, 9.17) is 0 Å². The zero-order valence-electron chi connectivity index (χ0n) is 19.3. The molecule has 0 aliphatic carbocycles. The first-order chi connectivity index (χ1) is 14.0. The van der Waals surface area contributed by atoms with E-state index in [1.54, 1.807) is 0 Å². The number of carboxylic acids is 3. The Kier molecular flexibility index (Phi) is 37.6. The van der Waals surface area contributed by atoms with E-state index in [1.807, 2.05) is 20.8 Å². The minimum atomic E-state index is -1.28. The number of carboxylic acid groups (broad SMARTS) is 3. The van der Waals surface area contributed by atoms with E-state index >= 15 is 0 Å². The van der Waals surface area contributed by atoms with Crippen LogP contribution in [0, 0.1) is 0 Å². The van der Waals surface area contributed by atoms with Crippen LogP contribution in [0.15, 0.2) is 0 Å². The Hall–Kier alpha value is -1.52. The van der Waals surface area contributed by atoms with Gasteiger partial charge in [-0.25, -0.2) is 0 Å². The molecule has 11 heteroatoms. The maximum atomic E-state index is 10.6. The van der Waals surface area contributed by atoms with Crippen LogP contribution in [0.5, 0.6) is 0 Å². The first-order valence-corrected chi connectivity index (χ1v) is 10.1. The van der Waals surface area contributed by atoms with Crippen molar-refractivity contribution in [2.24, 2.45) is 0 Å². The number of carbonyl (C=O) groups is 6. The number of unbranched alkanes of at least 4 members (excludes halogenated alkanes) is 3. The van der Waals surface area contributed by atoms with Gasteiger partial charge in [0.05, 0.1) is 0 Å². The summed E-state index contributed by atoms with van der Waals surface area (Å²) in [6.45, 7) is 5.85. The van der Waals surface area contributed by atoms with Crippen molar-refractivity contribution in [1.29, 1.82) is 0 Å². The average Bonchev–Trinajstić information content (AvgIpc) is 2.62. The Balaban J connectivity index is -0.000000110. The zero-order valence-corrected chi connectivity index (χ0v) is 21.6. The Morgan fingerprint density at radius 2 is 0.656 bits per heavy atom. The number of carbonyl (C=O) groups excluding carboxylic acids is 6. The van der Waals surface area contributed by atoms with Gasteiger partial charge >= 0.3 is 34.7 Å². The van der Waals surface area contributed by atoms with Crippen molar-refractivity contribution >= 4 is 70.0 Å². The number of hydrogen-bond acceptors (Lipinski definition) is 9. The van der Waals surface area contributed by atoms with Crippen molar-refractivity contribution in [1.82, 2.24) is 0 Å². The summed E-state index contributed by atoms with van der Waals surface area (Å²) in [6.07, 6.45) is 4.86. The first kappa shape index (κ1) is 40.8. The number of aliphatic carboxylic acids is 3. The van der Waals surface area contributed by atoms with Crippen LogP contribution in [0.3, 0.4) is 0 Å². The summed E-state index contributed by atoms with van der Waals surface area (Å²) in [4.78, 5) is 61.3. The second kappa shape index (κ2) is 29.5. The van der Waals surface area contributed by atoms with Crippen LogP contribution in [-0.4, -0.2) is 70.0 Å². The van der Waals surface area contributed by atoms with Crippen LogP contribution in [0.2, 0.25) is 0 Å². The van der Waals surface area contributed by atoms with Gasteiger partial charge in [-0.2, -0.15) is 0 Å². The van der Waals surface area contributed by atoms with E-state index in [9.17, 15) is 44.1 Å². The quantitative estimate of drug-likeness (QED) is 0.207. The molecule has 0 atom stereocenters. The van der Waals surface area contributed by atoms with Crippen molar-refractivity contribution in [2.75, 3.05) is 0 Å². The molecule has 0 fully saturated rings. The molecule has 0 radical (unpaired) electrons. The summed E-state index contributed by atoms with van der Waals surface area (Å²) in [5.74, 6) is -4.53. The predicted octanol–water partition coefficient (Wildman–Crippen LogP) is -1.10. The van der Waals surface area contributed by atoms with Crippen molar-refractivity contribution in [3.63, 3.8) is 0 Å². The molecule has 0 aromatic carbocycles. The SMILES string of the molecule is CCCCC(=O)CC(=O)[O-].CCCCC(=O)CC(=O)[O-].CCCCC(=O)CC(=O)[O-].[Al+3].[Al+3]. The van der Waals surface area contributed by atoms with E-state index in [0.717, 1.165) is 38.5 Å². The fraction of sp³-hybridized carbons (Fsp3) is 0.714. The van der Waals surface area contributed by atoms with Gasteiger partial charge in [0.25, 0.3) is 0 Å². The van der Waals surface area contributed by atoms with E-state index in [-0.39, 0.29) is 52.1 Å². The van der Waals surface area contributed by atoms with Gasteiger partial charge in [0, 0.05) is 56.4 Å². The molecule has 0 aliphatic rings. The summed E-state index contributed by atoms with van der Waals surface area (Å²) in [6, 6.07) is 0. The van der Waals surface area contributed by atoms with Crippen LogP contribution in [0.25, 0.3) is 0 Å². The molecular formula is C21H33Al2O9+3. The number of hydrogen-bond donors (Lipinski definition) is 0. The standard InChI is InChI=1S/3C7H12O3.2Al/c3*1-2-3-4-6(8)5-7(9)10;;/h3*2-5H2,1H3,(H,9,10);;/q;;;2*+3/p-3. The third-order valence-electron chi connectivity index (χ3n) is 3.45. The van der Waals surface area contributed by atoms with Gasteiger partial charge in [-0.3, -0.25) is 14.4 Å². The Labute approximate surface area is 211 Å². The third kappa shape index (κ3) is 42.6. The molecule has 0 spiro atoms. The normalized spacial score (nSPS) is 8.72. The summed E-state index contributed by atoms with van der Waals surface area (Å²) in [5.41, 5.74) is 0. The molecule has 0 saturated heterocycles. The smallest absolute Gasteiger partial charge is 0.550 e. The second-order valence-electron chi connectivity index (χ2n) is 6.57. The van der Waals surface area contributed by atoms with Crippen molar-refractivity contribution < 1.29 is 44.1 Å². The molecule has 0 N–H and O–H groups in total. The monoisotopic (exact) mass is 483 g/mol. The van der Waals surface area contributed by atoms with Crippen molar-refractivity contribution in [3.05, 3.63) is 0 Å². The van der Waals surface area contributed by atoms with Crippen LogP contribution >= 0.6 is 0 Å². The van der Waals surface area contributed by atoms with E-state index in [0.29, 0.717) is 19.3 Å². The van der Waals surface area contributed by atoms with Gasteiger partial charge in [0.1, 0.15) is 17.3 Å². The summed E-state index contributed by atoms with van der Waals surface area (Å²) >= 11 is 0. The fourth-order valence-electron chi connectivity index (χ4n) is 1.87. The minimum Gasteiger partial charge on any atom is -0.550 e. The third-order valence-corrected chi connectivity index (χ3v) is 3.45. The molecule has 0 bridgehead atoms. The van der Waals surface area contributed by atoms with Crippen LogP contribution in [0.4, 0.5) is 0 Å². The van der Waals surface area contributed by atoms with Crippen LogP contribution in [-0.2, 0) is 28.8 Å². The predicted molar refractivity (Wildman–Crippen MR) is 114 cm³/mol. The molecule has 174 valence electrons. The largest absolute Gasteiger partial charge is 3.00 e. The minimum absolute atomic E-state index is 0. The molecule has 0 heterocycles. The van der Waals surface area contributed by atoms with Gasteiger partial charge in [0.15, 0.2) is 0 Å². The Morgan fingerprint density at radius 3 is 0.781 bits per heavy atom. The molecule has 0 unspecified atom stereocenters. The van der Waals surface area contributed by atoms with Gasteiger partial charge in [0.2, 0.25) is 0 Å². The number of ketones is 3. The first-order valence-electron chi connectivity index (χ1n) is 10.1. The zero-order chi connectivity index (χ0) is 23.9. The molecule has 0 aromatic heterocycles. The van der Waals surface area contributed by atoms with Crippen molar-refractivity contribution in [3.8, 4) is 0 Å². The second-order valence-corrected chi connectivity index (χ2v) is 6.57. The van der Waals surface area contributed by atoms with E-state index in [2.05, 4.69) is 0 Å². The van der Waals surface area contributed by atoms with Gasteiger partial charge < -0.3 is 29.7 Å². The molecule has 9 nitrogen and oxygen atoms in total. The fourth-order valence-corrected chi connectivity index (χ4v) is 1.87. The van der Waals surface area contributed by atoms with Crippen LogP contribution in [0.1, 0.15) is 97.8 Å².